The molecule has 8 nitrogen and oxygen atoms in total. The molecule has 2 heterocycles. The number of aryl methyl sites for hydroxylation is 1. The topological polar surface area (TPSA) is 90.0 Å². The summed E-state index contributed by atoms with van der Waals surface area (Å²) in [5, 5.41) is 3.01. The number of amides is 2. The molecule has 2 amide bonds. The maximum Gasteiger partial charge on any atom is 0.259 e. The van der Waals surface area contributed by atoms with E-state index in [1.807, 2.05) is 18.2 Å². The highest BCUT2D eigenvalue weighted by Crippen LogP contribution is 2.28. The molecule has 0 unspecified atom stereocenters. The molecule has 1 fully saturated rings. The van der Waals surface area contributed by atoms with E-state index in [2.05, 4.69) is 10.3 Å². The highest BCUT2D eigenvalue weighted by Gasteiger charge is 2.25. The number of rotatable bonds is 7. The first-order chi connectivity index (χ1) is 15.1. The Kier molecular flexibility index (Phi) is 6.25. The second kappa shape index (κ2) is 9.24. The van der Waals surface area contributed by atoms with E-state index in [9.17, 15) is 9.59 Å². The molecule has 1 aromatic carbocycles. The summed E-state index contributed by atoms with van der Waals surface area (Å²) in [6.07, 6.45) is 3.27. The molecular weight excluding hydrogens is 398 g/mol. The van der Waals surface area contributed by atoms with Crippen LogP contribution < -0.4 is 19.5 Å². The summed E-state index contributed by atoms with van der Waals surface area (Å²) in [5.74, 6) is 1.28. The van der Waals surface area contributed by atoms with Gasteiger partial charge in [-0.05, 0) is 37.0 Å². The molecule has 8 heteroatoms. The third-order valence-corrected chi connectivity index (χ3v) is 5.44. The molecule has 1 aromatic heterocycles. The van der Waals surface area contributed by atoms with E-state index in [-0.39, 0.29) is 17.7 Å². The van der Waals surface area contributed by atoms with Crippen molar-refractivity contribution < 1.29 is 23.8 Å². The lowest BCUT2D eigenvalue weighted by atomic mass is 10.0. The first-order valence-corrected chi connectivity index (χ1v) is 10.5. The van der Waals surface area contributed by atoms with Crippen molar-refractivity contribution in [3.05, 3.63) is 47.0 Å². The largest absolute Gasteiger partial charge is 0.491 e. The third-order valence-electron chi connectivity index (χ3n) is 5.44. The number of carbonyl (C=O) groups is 2. The zero-order valence-electron chi connectivity index (χ0n) is 17.8. The SMILES string of the molecule is COc1ccc(C(=O)N2CCOc3ccc(CCC(=O)NC4CC4)cc3C2)c(OC)n1. The van der Waals surface area contributed by atoms with Crippen LogP contribution in [-0.2, 0) is 17.8 Å². The number of methoxy groups -OCH3 is 2. The fourth-order valence-corrected chi connectivity index (χ4v) is 3.59. The van der Waals surface area contributed by atoms with Crippen LogP contribution in [0.1, 0.15) is 40.7 Å². The first kappa shape index (κ1) is 21.0. The van der Waals surface area contributed by atoms with E-state index >= 15 is 0 Å². The lowest BCUT2D eigenvalue weighted by Crippen LogP contribution is -2.32. The normalized spacial score (nSPS) is 15.4. The molecule has 4 rings (SSSR count). The standard InChI is InChI=1S/C23H27N3O5/c1-29-21-10-7-18(22(25-21)30-2)23(28)26-11-12-31-19-8-3-15(13-16(19)14-26)4-9-20(27)24-17-5-6-17/h3,7-8,10,13,17H,4-6,9,11-12,14H2,1-2H3,(H,24,27). The third kappa shape index (κ3) is 5.07. The summed E-state index contributed by atoms with van der Waals surface area (Å²) in [6.45, 7) is 1.25. The maximum atomic E-state index is 13.2. The van der Waals surface area contributed by atoms with Crippen molar-refractivity contribution in [2.75, 3.05) is 27.4 Å². The molecule has 164 valence electrons. The minimum atomic E-state index is -0.183. The maximum absolute atomic E-state index is 13.2. The number of nitrogens with one attached hydrogen (secondary N) is 1. The van der Waals surface area contributed by atoms with E-state index in [0.29, 0.717) is 50.0 Å². The molecule has 31 heavy (non-hydrogen) atoms. The summed E-state index contributed by atoms with van der Waals surface area (Å²) < 4.78 is 16.3. The van der Waals surface area contributed by atoms with Crippen LogP contribution in [0.3, 0.4) is 0 Å². The second-order valence-corrected chi connectivity index (χ2v) is 7.77. The van der Waals surface area contributed by atoms with Gasteiger partial charge in [0.25, 0.3) is 5.91 Å². The summed E-state index contributed by atoms with van der Waals surface area (Å²) in [7, 11) is 2.99. The van der Waals surface area contributed by atoms with Crippen LogP contribution in [-0.4, -0.2) is 55.1 Å². The number of hydrogen-bond acceptors (Lipinski definition) is 6. The quantitative estimate of drug-likeness (QED) is 0.732. The molecule has 2 aromatic rings. The lowest BCUT2D eigenvalue weighted by molar-refractivity contribution is -0.121. The van der Waals surface area contributed by atoms with Crippen molar-refractivity contribution in [1.29, 1.82) is 0 Å². The van der Waals surface area contributed by atoms with Crippen molar-refractivity contribution >= 4 is 11.8 Å². The van der Waals surface area contributed by atoms with Gasteiger partial charge in [0, 0.05) is 30.6 Å². The Labute approximate surface area is 181 Å². The van der Waals surface area contributed by atoms with Crippen molar-refractivity contribution in [2.45, 2.75) is 38.3 Å². The van der Waals surface area contributed by atoms with E-state index in [0.717, 1.165) is 29.7 Å². The van der Waals surface area contributed by atoms with E-state index in [1.165, 1.54) is 14.2 Å². The minimum absolute atomic E-state index is 0.0876. The van der Waals surface area contributed by atoms with Gasteiger partial charge in [0.2, 0.25) is 17.7 Å². The fourth-order valence-electron chi connectivity index (χ4n) is 3.59. The van der Waals surface area contributed by atoms with E-state index < -0.39 is 0 Å². The number of benzene rings is 1. The molecule has 1 aliphatic carbocycles. The van der Waals surface area contributed by atoms with Crippen LogP contribution in [0.2, 0.25) is 0 Å². The Bertz CT molecular complexity index is 974. The van der Waals surface area contributed by atoms with Crippen LogP contribution in [0, 0.1) is 0 Å². The minimum Gasteiger partial charge on any atom is -0.491 e. The Morgan fingerprint density at radius 3 is 2.77 bits per heavy atom. The highest BCUT2D eigenvalue weighted by molar-refractivity contribution is 5.96. The molecule has 1 saturated carbocycles. The molecule has 0 radical (unpaired) electrons. The van der Waals surface area contributed by atoms with Gasteiger partial charge < -0.3 is 24.4 Å². The van der Waals surface area contributed by atoms with Gasteiger partial charge in [0.15, 0.2) is 0 Å². The number of hydrogen-bond donors (Lipinski definition) is 1. The molecule has 1 N–H and O–H groups in total. The van der Waals surface area contributed by atoms with Gasteiger partial charge in [-0.1, -0.05) is 12.1 Å². The monoisotopic (exact) mass is 425 g/mol. The van der Waals surface area contributed by atoms with Crippen molar-refractivity contribution in [1.82, 2.24) is 15.2 Å². The number of carbonyl (C=O) groups excluding carboxylic acids is 2. The summed E-state index contributed by atoms with van der Waals surface area (Å²) in [6, 6.07) is 9.60. The van der Waals surface area contributed by atoms with Gasteiger partial charge in [-0.25, -0.2) is 0 Å². The Balaban J connectivity index is 1.48. The van der Waals surface area contributed by atoms with Crippen LogP contribution >= 0.6 is 0 Å². The molecule has 2 aliphatic rings. The van der Waals surface area contributed by atoms with Crippen LogP contribution in [0.15, 0.2) is 30.3 Å². The number of nitrogens with zero attached hydrogens (tertiary/aromatic N) is 2. The predicted molar refractivity (Wildman–Crippen MR) is 114 cm³/mol. The van der Waals surface area contributed by atoms with E-state index in [4.69, 9.17) is 14.2 Å². The smallest absolute Gasteiger partial charge is 0.259 e. The Hall–Kier alpha value is -3.29. The van der Waals surface area contributed by atoms with Gasteiger partial charge >= 0.3 is 0 Å². The zero-order valence-corrected chi connectivity index (χ0v) is 17.8. The highest BCUT2D eigenvalue weighted by atomic mass is 16.5. The number of ether oxygens (including phenoxy) is 3. The van der Waals surface area contributed by atoms with E-state index in [1.54, 1.807) is 17.0 Å². The predicted octanol–water partition coefficient (Wildman–Crippen LogP) is 2.34. The Morgan fingerprint density at radius 2 is 2.03 bits per heavy atom. The second-order valence-electron chi connectivity index (χ2n) is 7.77. The van der Waals surface area contributed by atoms with Gasteiger partial charge in [-0.15, -0.1) is 0 Å². The van der Waals surface area contributed by atoms with Crippen LogP contribution in [0.5, 0.6) is 17.5 Å². The van der Waals surface area contributed by atoms with Crippen molar-refractivity contribution in [2.24, 2.45) is 0 Å². The van der Waals surface area contributed by atoms with Crippen molar-refractivity contribution in [3.63, 3.8) is 0 Å². The number of aromatic nitrogens is 1. The molecule has 0 bridgehead atoms. The van der Waals surface area contributed by atoms with Crippen LogP contribution in [0.25, 0.3) is 0 Å². The average molecular weight is 425 g/mol. The van der Waals surface area contributed by atoms with Crippen molar-refractivity contribution in [3.8, 4) is 17.5 Å². The molecule has 0 saturated heterocycles. The molecule has 0 atom stereocenters. The van der Waals surface area contributed by atoms with Gasteiger partial charge in [0.1, 0.15) is 17.9 Å². The summed E-state index contributed by atoms with van der Waals surface area (Å²) >= 11 is 0. The van der Waals surface area contributed by atoms with Gasteiger partial charge in [-0.2, -0.15) is 4.98 Å². The summed E-state index contributed by atoms with van der Waals surface area (Å²) in [4.78, 5) is 31.1. The summed E-state index contributed by atoms with van der Waals surface area (Å²) in [5.41, 5.74) is 2.34. The Morgan fingerprint density at radius 1 is 1.19 bits per heavy atom. The lowest BCUT2D eigenvalue weighted by Gasteiger charge is -2.21. The first-order valence-electron chi connectivity index (χ1n) is 10.5. The average Bonchev–Trinajstić information content (AvgIpc) is 3.62. The number of fused-ring (bicyclic) bond motifs is 1. The zero-order chi connectivity index (χ0) is 21.8. The van der Waals surface area contributed by atoms with Gasteiger partial charge in [-0.3, -0.25) is 9.59 Å². The molecule has 1 aliphatic heterocycles. The molecular formula is C23H27N3O5. The van der Waals surface area contributed by atoms with Gasteiger partial charge in [0.05, 0.1) is 20.8 Å². The fraction of sp³-hybridized carbons (Fsp3) is 0.435. The number of pyridine rings is 1. The van der Waals surface area contributed by atoms with Crippen LogP contribution in [0.4, 0.5) is 0 Å². The molecule has 0 spiro atoms.